The van der Waals surface area contributed by atoms with E-state index in [1.807, 2.05) is 6.92 Å². The number of aromatic nitrogens is 2. The van der Waals surface area contributed by atoms with E-state index in [9.17, 15) is 9.59 Å². The molecule has 0 saturated carbocycles. The number of ether oxygens (including phenoxy) is 1. The molecule has 0 radical (unpaired) electrons. The van der Waals surface area contributed by atoms with Gasteiger partial charge in [-0.3, -0.25) is 14.5 Å². The monoisotopic (exact) mass is 304 g/mol. The van der Waals surface area contributed by atoms with Crippen molar-refractivity contribution < 1.29 is 14.3 Å². The van der Waals surface area contributed by atoms with Crippen LogP contribution in [0.1, 0.15) is 4.88 Å². The topological polar surface area (TPSA) is 84.4 Å². The van der Waals surface area contributed by atoms with Crippen molar-refractivity contribution in [2.45, 2.75) is 6.92 Å². The number of carbonyl (C=O) groups is 2. The van der Waals surface area contributed by atoms with Crippen molar-refractivity contribution in [1.29, 1.82) is 0 Å². The van der Waals surface area contributed by atoms with Crippen molar-refractivity contribution in [2.75, 3.05) is 23.4 Å². The number of carbonyl (C=O) groups excluding carboxylic acids is 2. The first-order chi connectivity index (χ1) is 10.1. The summed E-state index contributed by atoms with van der Waals surface area (Å²) >= 11 is 1.38. The fourth-order valence-corrected chi connectivity index (χ4v) is 2.59. The standard InChI is InChI=1S/C13H12N4O3S/c1-8-5-15-13(21-8)16-10(18)6-17-11(19)7-20-9-3-2-4-14-12(9)17/h2-5H,6-7H2,1H3,(H,15,16,18). The molecule has 1 aliphatic heterocycles. The molecule has 0 fully saturated rings. The average Bonchev–Trinajstić information content (AvgIpc) is 2.87. The van der Waals surface area contributed by atoms with Crippen LogP contribution in [0.15, 0.2) is 24.5 Å². The number of thiazole rings is 1. The van der Waals surface area contributed by atoms with Gasteiger partial charge in [-0.2, -0.15) is 0 Å². The molecule has 0 aliphatic carbocycles. The molecular formula is C13H12N4O3S. The van der Waals surface area contributed by atoms with E-state index in [4.69, 9.17) is 4.74 Å². The third-order valence-electron chi connectivity index (χ3n) is 2.83. The summed E-state index contributed by atoms with van der Waals surface area (Å²) in [6.45, 7) is 1.69. The van der Waals surface area contributed by atoms with Gasteiger partial charge >= 0.3 is 0 Å². The first kappa shape index (κ1) is 13.5. The van der Waals surface area contributed by atoms with E-state index in [1.165, 1.54) is 16.2 Å². The number of nitrogens with one attached hydrogen (secondary N) is 1. The van der Waals surface area contributed by atoms with Crippen LogP contribution < -0.4 is 15.0 Å². The summed E-state index contributed by atoms with van der Waals surface area (Å²) < 4.78 is 5.27. The van der Waals surface area contributed by atoms with Crippen LogP contribution in [0.2, 0.25) is 0 Å². The third-order valence-corrected chi connectivity index (χ3v) is 3.66. The van der Waals surface area contributed by atoms with Crippen LogP contribution in [0.25, 0.3) is 0 Å². The predicted octanol–water partition coefficient (Wildman–Crippen LogP) is 1.21. The zero-order valence-corrected chi connectivity index (χ0v) is 12.0. The highest BCUT2D eigenvalue weighted by Crippen LogP contribution is 2.28. The number of hydrogen-bond donors (Lipinski definition) is 1. The minimum absolute atomic E-state index is 0.0949. The van der Waals surface area contributed by atoms with Crippen molar-refractivity contribution in [2.24, 2.45) is 0 Å². The molecule has 2 aromatic heterocycles. The van der Waals surface area contributed by atoms with Crippen molar-refractivity contribution in [3.8, 4) is 5.75 Å². The van der Waals surface area contributed by atoms with Gasteiger partial charge in [0.15, 0.2) is 23.3 Å². The lowest BCUT2D eigenvalue weighted by atomic mass is 10.3. The van der Waals surface area contributed by atoms with Crippen LogP contribution in [-0.4, -0.2) is 34.9 Å². The summed E-state index contributed by atoms with van der Waals surface area (Å²) in [5.74, 6) is 0.233. The molecule has 3 rings (SSSR count). The fourth-order valence-electron chi connectivity index (χ4n) is 1.91. The number of fused-ring (bicyclic) bond motifs is 1. The van der Waals surface area contributed by atoms with E-state index < -0.39 is 0 Å². The largest absolute Gasteiger partial charge is 0.480 e. The SMILES string of the molecule is Cc1cnc(NC(=O)CN2C(=O)COc3cccnc32)s1. The summed E-state index contributed by atoms with van der Waals surface area (Å²) in [6, 6.07) is 3.43. The molecule has 21 heavy (non-hydrogen) atoms. The van der Waals surface area contributed by atoms with Crippen molar-refractivity contribution in [3.05, 3.63) is 29.4 Å². The normalized spacial score (nSPS) is 13.6. The molecule has 3 heterocycles. The summed E-state index contributed by atoms with van der Waals surface area (Å²) in [5, 5.41) is 3.18. The second kappa shape index (κ2) is 5.49. The Morgan fingerprint density at radius 2 is 2.38 bits per heavy atom. The number of aryl methyl sites for hydroxylation is 1. The molecule has 8 heteroatoms. The Morgan fingerprint density at radius 1 is 1.52 bits per heavy atom. The maximum absolute atomic E-state index is 12.0. The summed E-state index contributed by atoms with van der Waals surface area (Å²) in [5.41, 5.74) is 0. The summed E-state index contributed by atoms with van der Waals surface area (Å²) in [4.78, 5) is 34.4. The van der Waals surface area contributed by atoms with Crippen LogP contribution in [0.5, 0.6) is 5.75 Å². The molecule has 0 aromatic carbocycles. The number of nitrogens with zero attached hydrogens (tertiary/aromatic N) is 3. The highest BCUT2D eigenvalue weighted by atomic mass is 32.1. The van der Waals surface area contributed by atoms with Gasteiger partial charge in [-0.25, -0.2) is 9.97 Å². The van der Waals surface area contributed by atoms with E-state index in [2.05, 4.69) is 15.3 Å². The zero-order chi connectivity index (χ0) is 14.8. The van der Waals surface area contributed by atoms with Crippen LogP contribution in [-0.2, 0) is 9.59 Å². The molecule has 0 spiro atoms. The van der Waals surface area contributed by atoms with Gasteiger partial charge in [0, 0.05) is 17.3 Å². The van der Waals surface area contributed by atoms with Crippen molar-refractivity contribution in [1.82, 2.24) is 9.97 Å². The van der Waals surface area contributed by atoms with Crippen molar-refractivity contribution in [3.63, 3.8) is 0 Å². The average molecular weight is 304 g/mol. The molecule has 1 aliphatic rings. The van der Waals surface area contributed by atoms with E-state index in [1.54, 1.807) is 24.5 Å². The number of hydrogen-bond acceptors (Lipinski definition) is 6. The van der Waals surface area contributed by atoms with Crippen LogP contribution in [0.3, 0.4) is 0 Å². The molecule has 2 aromatic rings. The number of amides is 2. The Hall–Kier alpha value is -2.48. The Morgan fingerprint density at radius 3 is 3.14 bits per heavy atom. The number of rotatable bonds is 3. The van der Waals surface area contributed by atoms with Gasteiger partial charge in [0.25, 0.3) is 5.91 Å². The third kappa shape index (κ3) is 2.84. The quantitative estimate of drug-likeness (QED) is 0.921. The first-order valence-electron chi connectivity index (χ1n) is 6.24. The maximum Gasteiger partial charge on any atom is 0.266 e. The lowest BCUT2D eigenvalue weighted by Crippen LogP contribution is -2.43. The number of anilines is 2. The van der Waals surface area contributed by atoms with Crippen LogP contribution in [0.4, 0.5) is 10.9 Å². The second-order valence-electron chi connectivity index (χ2n) is 4.42. The Bertz CT molecular complexity index is 700. The van der Waals surface area contributed by atoms with Gasteiger partial charge in [-0.05, 0) is 19.1 Å². The Labute approximate surface area is 124 Å². The summed E-state index contributed by atoms with van der Waals surface area (Å²) in [7, 11) is 0. The fraction of sp³-hybridized carbons (Fsp3) is 0.231. The molecule has 0 bridgehead atoms. The molecule has 108 valence electrons. The molecule has 2 amide bonds. The zero-order valence-electron chi connectivity index (χ0n) is 11.2. The maximum atomic E-state index is 12.0. The highest BCUT2D eigenvalue weighted by Gasteiger charge is 2.28. The molecule has 7 nitrogen and oxygen atoms in total. The molecule has 0 saturated heterocycles. The van der Waals surface area contributed by atoms with E-state index in [0.717, 1.165) is 4.88 Å². The van der Waals surface area contributed by atoms with Gasteiger partial charge in [-0.15, -0.1) is 11.3 Å². The smallest absolute Gasteiger partial charge is 0.266 e. The Kier molecular flexibility index (Phi) is 3.53. The van der Waals surface area contributed by atoms with Crippen LogP contribution in [0, 0.1) is 6.92 Å². The van der Waals surface area contributed by atoms with Gasteiger partial charge in [-0.1, -0.05) is 0 Å². The lowest BCUT2D eigenvalue weighted by Gasteiger charge is -2.27. The second-order valence-corrected chi connectivity index (χ2v) is 5.65. The molecule has 1 N–H and O–H groups in total. The van der Waals surface area contributed by atoms with E-state index in [0.29, 0.717) is 16.7 Å². The minimum atomic E-state index is -0.323. The molecule has 0 atom stereocenters. The van der Waals surface area contributed by atoms with Gasteiger partial charge in [0.1, 0.15) is 6.54 Å². The predicted molar refractivity (Wildman–Crippen MR) is 77.6 cm³/mol. The Balaban J connectivity index is 1.74. The number of pyridine rings is 1. The van der Waals surface area contributed by atoms with E-state index in [-0.39, 0.29) is 25.0 Å². The highest BCUT2D eigenvalue weighted by molar-refractivity contribution is 7.15. The minimum Gasteiger partial charge on any atom is -0.480 e. The van der Waals surface area contributed by atoms with Gasteiger partial charge < -0.3 is 10.1 Å². The summed E-state index contributed by atoms with van der Waals surface area (Å²) in [6.07, 6.45) is 3.23. The molecule has 0 unspecified atom stereocenters. The van der Waals surface area contributed by atoms with Crippen LogP contribution >= 0.6 is 11.3 Å². The van der Waals surface area contributed by atoms with Gasteiger partial charge in [0.05, 0.1) is 0 Å². The lowest BCUT2D eigenvalue weighted by molar-refractivity contribution is -0.123. The molecular weight excluding hydrogens is 292 g/mol. The first-order valence-corrected chi connectivity index (χ1v) is 7.05. The van der Waals surface area contributed by atoms with Gasteiger partial charge in [0.2, 0.25) is 5.91 Å². The van der Waals surface area contributed by atoms with E-state index >= 15 is 0 Å². The van der Waals surface area contributed by atoms with Crippen molar-refractivity contribution >= 4 is 34.1 Å².